The van der Waals surface area contributed by atoms with Gasteiger partial charge in [-0.3, -0.25) is 0 Å². The number of hydrogen-bond acceptors (Lipinski definition) is 1. The molecule has 1 radical (unpaired) electrons. The third-order valence-electron chi connectivity index (χ3n) is 3.20. The molecule has 0 atom stereocenters. The monoisotopic (exact) mass is 215 g/mol. The van der Waals surface area contributed by atoms with Gasteiger partial charge in [-0.05, 0) is 23.0 Å². The Bertz CT molecular complexity index is 131. The van der Waals surface area contributed by atoms with E-state index in [2.05, 4.69) is 48.5 Å². The van der Waals surface area contributed by atoms with Crippen molar-refractivity contribution < 1.29 is 4.43 Å². The van der Waals surface area contributed by atoms with Crippen LogP contribution in [0.25, 0.3) is 0 Å². The molecule has 0 N–H and O–H groups in total. The molecule has 0 bridgehead atoms. The molecule has 0 saturated carbocycles. The molecule has 0 aromatic carbocycles. The normalized spacial score (nSPS) is 13.3. The lowest BCUT2D eigenvalue weighted by Crippen LogP contribution is -2.47. The van der Waals surface area contributed by atoms with Gasteiger partial charge < -0.3 is 4.43 Å². The van der Waals surface area contributed by atoms with Gasteiger partial charge in [-0.25, -0.2) is 0 Å². The SMILES string of the molecule is [CH2]CCO[Si](C(C)C)(C(C)C)C(C)C. The molecule has 0 fully saturated rings. The maximum Gasteiger partial charge on any atom is 0.200 e. The summed E-state index contributed by atoms with van der Waals surface area (Å²) in [6.07, 6.45) is 0.890. The van der Waals surface area contributed by atoms with Crippen molar-refractivity contribution >= 4 is 8.32 Å². The Kier molecular flexibility index (Phi) is 5.99. The largest absolute Gasteiger partial charge is 0.416 e. The zero-order chi connectivity index (χ0) is 11.4. The van der Waals surface area contributed by atoms with Crippen LogP contribution in [0.5, 0.6) is 0 Å². The van der Waals surface area contributed by atoms with E-state index in [0.29, 0.717) is 16.6 Å². The highest BCUT2D eigenvalue weighted by Gasteiger charge is 2.44. The van der Waals surface area contributed by atoms with Crippen molar-refractivity contribution in [3.05, 3.63) is 6.92 Å². The van der Waals surface area contributed by atoms with Gasteiger partial charge in [-0.15, -0.1) is 0 Å². The molecule has 0 saturated heterocycles. The smallest absolute Gasteiger partial charge is 0.200 e. The van der Waals surface area contributed by atoms with Crippen LogP contribution in [0.2, 0.25) is 16.6 Å². The molecule has 0 heterocycles. The minimum Gasteiger partial charge on any atom is -0.416 e. The van der Waals surface area contributed by atoms with Crippen molar-refractivity contribution in [2.75, 3.05) is 6.61 Å². The Morgan fingerprint density at radius 2 is 1.29 bits per heavy atom. The summed E-state index contributed by atoms with van der Waals surface area (Å²) in [6.45, 7) is 18.6. The lowest BCUT2D eigenvalue weighted by Gasteiger charge is -2.42. The van der Waals surface area contributed by atoms with E-state index in [1.165, 1.54) is 0 Å². The van der Waals surface area contributed by atoms with Gasteiger partial charge >= 0.3 is 0 Å². The highest BCUT2D eigenvalue weighted by atomic mass is 28.4. The lowest BCUT2D eigenvalue weighted by molar-refractivity contribution is 0.283. The predicted octanol–water partition coefficient (Wildman–Crippen LogP) is 4.40. The van der Waals surface area contributed by atoms with Crippen molar-refractivity contribution in [3.63, 3.8) is 0 Å². The Morgan fingerprint density at radius 3 is 1.50 bits per heavy atom. The van der Waals surface area contributed by atoms with Crippen LogP contribution in [0.3, 0.4) is 0 Å². The fourth-order valence-corrected chi connectivity index (χ4v) is 8.25. The molecule has 2 heteroatoms. The summed E-state index contributed by atoms with van der Waals surface area (Å²) >= 11 is 0. The first-order chi connectivity index (χ1) is 6.39. The van der Waals surface area contributed by atoms with Crippen molar-refractivity contribution in [1.29, 1.82) is 0 Å². The standard InChI is InChI=1S/C12H27OSi/c1-8-9-13-14(10(2)3,11(4)5)12(6)7/h10-12H,1,8-9H2,2-7H3. The van der Waals surface area contributed by atoms with Crippen LogP contribution in [-0.2, 0) is 4.43 Å². The van der Waals surface area contributed by atoms with E-state index in [1.807, 2.05) is 0 Å². The summed E-state index contributed by atoms with van der Waals surface area (Å²) in [7, 11) is -1.59. The van der Waals surface area contributed by atoms with E-state index in [9.17, 15) is 0 Å². The van der Waals surface area contributed by atoms with Gasteiger partial charge in [-0.1, -0.05) is 48.5 Å². The van der Waals surface area contributed by atoms with Gasteiger partial charge in [0.05, 0.1) is 0 Å². The highest BCUT2D eigenvalue weighted by Crippen LogP contribution is 2.42. The minimum absolute atomic E-state index is 0.689. The average molecular weight is 215 g/mol. The van der Waals surface area contributed by atoms with Crippen LogP contribution in [-0.4, -0.2) is 14.9 Å². The van der Waals surface area contributed by atoms with Gasteiger partial charge in [0.2, 0.25) is 0 Å². The summed E-state index contributed by atoms with van der Waals surface area (Å²) in [5.41, 5.74) is 2.07. The molecule has 0 aliphatic heterocycles. The van der Waals surface area contributed by atoms with Crippen molar-refractivity contribution in [2.24, 2.45) is 0 Å². The molecule has 0 aliphatic rings. The molecular formula is C12H27OSi. The van der Waals surface area contributed by atoms with Crippen LogP contribution >= 0.6 is 0 Å². The van der Waals surface area contributed by atoms with Crippen molar-refractivity contribution in [2.45, 2.75) is 64.6 Å². The van der Waals surface area contributed by atoms with E-state index in [1.54, 1.807) is 0 Å². The number of hydrogen-bond donors (Lipinski definition) is 0. The zero-order valence-corrected chi connectivity index (χ0v) is 11.8. The summed E-state index contributed by atoms with van der Waals surface area (Å²) in [5.74, 6) is 0. The second-order valence-corrected chi connectivity index (χ2v) is 10.5. The molecule has 14 heavy (non-hydrogen) atoms. The highest BCUT2D eigenvalue weighted by molar-refractivity contribution is 6.77. The van der Waals surface area contributed by atoms with Crippen LogP contribution < -0.4 is 0 Å². The molecule has 1 nitrogen and oxygen atoms in total. The Morgan fingerprint density at radius 1 is 0.929 bits per heavy atom. The fraction of sp³-hybridized carbons (Fsp3) is 0.917. The first-order valence-corrected chi connectivity index (χ1v) is 7.96. The first kappa shape index (κ1) is 14.2. The first-order valence-electron chi connectivity index (χ1n) is 5.82. The van der Waals surface area contributed by atoms with Crippen LogP contribution in [0.4, 0.5) is 0 Å². The van der Waals surface area contributed by atoms with Gasteiger partial charge in [0.15, 0.2) is 8.32 Å². The molecule has 0 aromatic rings. The van der Waals surface area contributed by atoms with Gasteiger partial charge in [0, 0.05) is 6.61 Å². The summed E-state index contributed by atoms with van der Waals surface area (Å²) in [6, 6.07) is 0. The Balaban J connectivity index is 4.76. The second-order valence-electron chi connectivity index (χ2n) is 5.02. The molecule has 0 rings (SSSR count). The molecule has 0 unspecified atom stereocenters. The van der Waals surface area contributed by atoms with Crippen LogP contribution in [0.15, 0.2) is 0 Å². The fourth-order valence-electron chi connectivity index (χ4n) is 2.75. The van der Waals surface area contributed by atoms with Crippen LogP contribution in [0, 0.1) is 6.92 Å². The molecule has 0 aromatic heterocycles. The quantitative estimate of drug-likeness (QED) is 0.597. The lowest BCUT2D eigenvalue weighted by atomic mass is 10.5. The molecular weight excluding hydrogens is 188 g/mol. The second kappa shape index (κ2) is 5.91. The van der Waals surface area contributed by atoms with Crippen molar-refractivity contribution in [1.82, 2.24) is 0 Å². The Hall–Kier alpha value is 0.177. The zero-order valence-electron chi connectivity index (χ0n) is 10.8. The van der Waals surface area contributed by atoms with Crippen LogP contribution in [0.1, 0.15) is 48.0 Å². The topological polar surface area (TPSA) is 9.23 Å². The van der Waals surface area contributed by atoms with Crippen molar-refractivity contribution in [3.8, 4) is 0 Å². The van der Waals surface area contributed by atoms with E-state index in [-0.39, 0.29) is 0 Å². The van der Waals surface area contributed by atoms with Gasteiger partial charge in [-0.2, -0.15) is 0 Å². The minimum atomic E-state index is -1.59. The van der Waals surface area contributed by atoms with E-state index in [4.69, 9.17) is 4.43 Å². The molecule has 0 aliphatic carbocycles. The van der Waals surface area contributed by atoms with E-state index >= 15 is 0 Å². The molecule has 0 spiro atoms. The van der Waals surface area contributed by atoms with Gasteiger partial charge in [0.1, 0.15) is 0 Å². The number of rotatable bonds is 6. The molecule has 85 valence electrons. The molecule has 0 amide bonds. The summed E-state index contributed by atoms with van der Waals surface area (Å²) in [4.78, 5) is 0. The van der Waals surface area contributed by atoms with E-state index in [0.717, 1.165) is 13.0 Å². The third kappa shape index (κ3) is 2.83. The third-order valence-corrected chi connectivity index (χ3v) is 9.32. The predicted molar refractivity (Wildman–Crippen MR) is 67.0 cm³/mol. The van der Waals surface area contributed by atoms with Gasteiger partial charge in [0.25, 0.3) is 0 Å². The van der Waals surface area contributed by atoms with E-state index < -0.39 is 8.32 Å². The average Bonchev–Trinajstić information content (AvgIpc) is 2.03. The summed E-state index contributed by atoms with van der Waals surface area (Å²) < 4.78 is 6.24. The Labute approximate surface area is 91.4 Å². The maximum atomic E-state index is 6.24. The summed E-state index contributed by atoms with van der Waals surface area (Å²) in [5, 5.41) is 0. The maximum absolute atomic E-state index is 6.24.